The number of hydrogen-bond donors (Lipinski definition) is 4. The van der Waals surface area contributed by atoms with Crippen LogP contribution < -0.4 is 21.9 Å². The van der Waals surface area contributed by atoms with Crippen LogP contribution in [0.15, 0.2) is 35.3 Å². The van der Waals surface area contributed by atoms with Gasteiger partial charge in [-0.1, -0.05) is 23.5 Å². The Hall–Kier alpha value is -2.87. The molecule has 3 aromatic rings. The van der Waals surface area contributed by atoms with E-state index >= 15 is 0 Å². The van der Waals surface area contributed by atoms with Crippen molar-refractivity contribution in [2.24, 2.45) is 0 Å². The van der Waals surface area contributed by atoms with Crippen molar-refractivity contribution in [3.05, 3.63) is 46.4 Å². The van der Waals surface area contributed by atoms with Crippen LogP contribution >= 0.6 is 11.3 Å². The number of hydrogen-bond acceptors (Lipinski definition) is 6. The smallest absolute Gasteiger partial charge is 0.261 e. The zero-order chi connectivity index (χ0) is 15.7. The first-order chi connectivity index (χ1) is 10.6. The van der Waals surface area contributed by atoms with Gasteiger partial charge in [0.05, 0.1) is 17.4 Å². The van der Waals surface area contributed by atoms with Gasteiger partial charge in [-0.05, 0) is 12.1 Å². The maximum atomic E-state index is 12.2. The van der Waals surface area contributed by atoms with Crippen molar-refractivity contribution in [3.8, 4) is 0 Å². The van der Waals surface area contributed by atoms with Gasteiger partial charge in [-0.2, -0.15) is 0 Å². The van der Waals surface area contributed by atoms with Crippen LogP contribution in [-0.2, 0) is 0 Å². The molecule has 8 heteroatoms. The summed E-state index contributed by atoms with van der Waals surface area (Å²) in [6.45, 7) is 0. The van der Waals surface area contributed by atoms with E-state index < -0.39 is 11.5 Å². The van der Waals surface area contributed by atoms with Gasteiger partial charge in [0, 0.05) is 12.4 Å². The molecule has 7 nitrogen and oxygen atoms in total. The van der Waals surface area contributed by atoms with E-state index in [2.05, 4.69) is 20.6 Å². The molecule has 0 aliphatic rings. The molecule has 0 radical (unpaired) electrons. The molecule has 112 valence electrons. The van der Waals surface area contributed by atoms with Gasteiger partial charge in [-0.3, -0.25) is 9.59 Å². The average Bonchev–Trinajstić information content (AvgIpc) is 2.91. The molecule has 1 aromatic carbocycles. The minimum Gasteiger partial charge on any atom is -0.386 e. The molecule has 5 N–H and O–H groups in total. The molecule has 0 aliphatic heterocycles. The number of para-hydroxylation sites is 1. The highest BCUT2D eigenvalue weighted by Crippen LogP contribution is 2.22. The standard InChI is InChI=1S/C14H13N5O2S/c1-16-9-4-2-3-7-5-8(13(21)19-11(7)9)12(20)18-10-6-17-14(15)22-10/h2-6,16H,1H3,(H2,15,17)(H,18,20)(H,19,21). The van der Waals surface area contributed by atoms with Crippen molar-refractivity contribution in [3.63, 3.8) is 0 Å². The second kappa shape index (κ2) is 5.49. The van der Waals surface area contributed by atoms with E-state index in [0.29, 0.717) is 15.6 Å². The molecule has 0 unspecified atom stereocenters. The van der Waals surface area contributed by atoms with E-state index in [9.17, 15) is 9.59 Å². The molecule has 2 aromatic heterocycles. The van der Waals surface area contributed by atoms with Crippen LogP contribution in [0.3, 0.4) is 0 Å². The maximum absolute atomic E-state index is 12.2. The van der Waals surface area contributed by atoms with E-state index in [1.165, 1.54) is 6.20 Å². The Morgan fingerprint density at radius 2 is 2.23 bits per heavy atom. The van der Waals surface area contributed by atoms with E-state index in [1.54, 1.807) is 13.1 Å². The van der Waals surface area contributed by atoms with E-state index in [1.807, 2.05) is 18.2 Å². The number of nitrogens with one attached hydrogen (secondary N) is 3. The average molecular weight is 315 g/mol. The van der Waals surface area contributed by atoms with Gasteiger partial charge in [0.2, 0.25) is 0 Å². The Bertz CT molecular complexity index is 915. The lowest BCUT2D eigenvalue weighted by Gasteiger charge is -2.07. The summed E-state index contributed by atoms with van der Waals surface area (Å²) in [7, 11) is 1.77. The lowest BCUT2D eigenvalue weighted by atomic mass is 10.1. The first kappa shape index (κ1) is 14.1. The number of anilines is 3. The van der Waals surface area contributed by atoms with Gasteiger partial charge >= 0.3 is 0 Å². The Labute approximate surface area is 129 Å². The normalized spacial score (nSPS) is 10.6. The summed E-state index contributed by atoms with van der Waals surface area (Å²) in [5.74, 6) is -0.498. The minimum absolute atomic E-state index is 0.0349. The number of carbonyl (C=O) groups excluding carboxylic acids is 1. The largest absolute Gasteiger partial charge is 0.386 e. The molecule has 0 atom stereocenters. The number of aromatic amines is 1. The number of aromatic nitrogens is 2. The summed E-state index contributed by atoms with van der Waals surface area (Å²) in [4.78, 5) is 31.0. The molecule has 0 fully saturated rings. The van der Waals surface area contributed by atoms with Gasteiger partial charge in [-0.15, -0.1) is 0 Å². The van der Waals surface area contributed by atoms with Gasteiger partial charge < -0.3 is 21.4 Å². The van der Waals surface area contributed by atoms with E-state index in [-0.39, 0.29) is 5.56 Å². The molecular formula is C14H13N5O2S. The van der Waals surface area contributed by atoms with Crippen molar-refractivity contribution < 1.29 is 4.79 Å². The summed E-state index contributed by atoms with van der Waals surface area (Å²) in [6.07, 6.45) is 1.45. The number of amides is 1. The predicted octanol–water partition coefficient (Wildman–Crippen LogP) is 1.86. The molecule has 0 bridgehead atoms. The molecule has 0 spiro atoms. The Morgan fingerprint density at radius 1 is 1.41 bits per heavy atom. The molecule has 2 heterocycles. The third-order valence-electron chi connectivity index (χ3n) is 3.15. The Morgan fingerprint density at radius 3 is 2.91 bits per heavy atom. The number of nitrogens with zero attached hydrogens (tertiary/aromatic N) is 1. The monoisotopic (exact) mass is 315 g/mol. The van der Waals surface area contributed by atoms with Crippen molar-refractivity contribution in [2.75, 3.05) is 23.4 Å². The Balaban J connectivity index is 2.02. The second-order valence-corrected chi connectivity index (χ2v) is 5.61. The fraction of sp³-hybridized carbons (Fsp3) is 0.0714. The number of nitrogens with two attached hydrogens (primary N) is 1. The van der Waals surface area contributed by atoms with Crippen molar-refractivity contribution in [1.29, 1.82) is 0 Å². The number of benzene rings is 1. The fourth-order valence-electron chi connectivity index (χ4n) is 2.13. The summed E-state index contributed by atoms with van der Waals surface area (Å²) in [5.41, 5.74) is 6.54. The van der Waals surface area contributed by atoms with Crippen LogP contribution in [0.25, 0.3) is 10.9 Å². The Kier molecular flexibility index (Phi) is 3.51. The molecule has 22 heavy (non-hydrogen) atoms. The number of fused-ring (bicyclic) bond motifs is 1. The highest BCUT2D eigenvalue weighted by Gasteiger charge is 2.14. The molecule has 0 saturated heterocycles. The summed E-state index contributed by atoms with van der Waals surface area (Å²) in [6, 6.07) is 7.08. The maximum Gasteiger partial charge on any atom is 0.261 e. The minimum atomic E-state index is -0.498. The van der Waals surface area contributed by atoms with E-state index in [0.717, 1.165) is 22.4 Å². The number of rotatable bonds is 3. The van der Waals surface area contributed by atoms with Gasteiger partial charge in [0.25, 0.3) is 11.5 Å². The first-order valence-electron chi connectivity index (χ1n) is 6.45. The van der Waals surface area contributed by atoms with Gasteiger partial charge in [0.1, 0.15) is 10.6 Å². The van der Waals surface area contributed by atoms with Crippen LogP contribution in [0, 0.1) is 0 Å². The number of H-pyrrole nitrogens is 1. The molecule has 1 amide bonds. The number of nitrogen functional groups attached to an aromatic ring is 1. The summed E-state index contributed by atoms with van der Waals surface area (Å²) in [5, 5.41) is 7.22. The molecule has 0 saturated carbocycles. The van der Waals surface area contributed by atoms with Gasteiger partial charge in [0.15, 0.2) is 5.13 Å². The SMILES string of the molecule is CNc1cccc2cc(C(=O)Nc3cnc(N)s3)c(=O)[nH]c12. The van der Waals surface area contributed by atoms with Crippen molar-refractivity contribution in [1.82, 2.24) is 9.97 Å². The topological polar surface area (TPSA) is 113 Å². The molecule has 3 rings (SSSR count). The van der Waals surface area contributed by atoms with Crippen molar-refractivity contribution >= 4 is 44.0 Å². The second-order valence-electron chi connectivity index (χ2n) is 4.55. The highest BCUT2D eigenvalue weighted by molar-refractivity contribution is 7.19. The number of carbonyl (C=O) groups is 1. The molecule has 0 aliphatic carbocycles. The third kappa shape index (κ3) is 2.51. The van der Waals surface area contributed by atoms with Crippen LogP contribution in [0.4, 0.5) is 15.8 Å². The number of pyridine rings is 1. The van der Waals surface area contributed by atoms with Crippen molar-refractivity contribution in [2.45, 2.75) is 0 Å². The lowest BCUT2D eigenvalue weighted by molar-refractivity contribution is 0.102. The summed E-state index contributed by atoms with van der Waals surface area (Å²) >= 11 is 1.14. The van der Waals surface area contributed by atoms with Crippen LogP contribution in [-0.4, -0.2) is 22.9 Å². The van der Waals surface area contributed by atoms with Crippen LogP contribution in [0.1, 0.15) is 10.4 Å². The lowest BCUT2D eigenvalue weighted by Crippen LogP contribution is -2.22. The summed E-state index contributed by atoms with van der Waals surface area (Å²) < 4.78 is 0. The fourth-order valence-corrected chi connectivity index (χ4v) is 2.71. The van der Waals surface area contributed by atoms with Crippen LogP contribution in [0.5, 0.6) is 0 Å². The zero-order valence-electron chi connectivity index (χ0n) is 11.6. The quantitative estimate of drug-likeness (QED) is 0.589. The number of thiazole rings is 1. The van der Waals surface area contributed by atoms with Gasteiger partial charge in [-0.25, -0.2) is 4.98 Å². The highest BCUT2D eigenvalue weighted by atomic mass is 32.1. The molecular weight excluding hydrogens is 302 g/mol. The zero-order valence-corrected chi connectivity index (χ0v) is 12.5. The first-order valence-corrected chi connectivity index (χ1v) is 7.26. The third-order valence-corrected chi connectivity index (χ3v) is 3.90. The van der Waals surface area contributed by atoms with E-state index in [4.69, 9.17) is 5.73 Å². The van der Waals surface area contributed by atoms with Crippen LogP contribution in [0.2, 0.25) is 0 Å². The predicted molar refractivity (Wildman–Crippen MR) is 88.6 cm³/mol.